The Morgan fingerprint density at radius 1 is 1.70 bits per heavy atom. The number of rotatable bonds is 3. The van der Waals surface area contributed by atoms with Crippen LogP contribution in [0.25, 0.3) is 0 Å². The summed E-state index contributed by atoms with van der Waals surface area (Å²) in [6.07, 6.45) is 3.20. The highest BCUT2D eigenvalue weighted by molar-refractivity contribution is 8.07. The van der Waals surface area contributed by atoms with Gasteiger partial charge < -0.3 is 0 Å². The Kier molecular flexibility index (Phi) is 4.82. The van der Waals surface area contributed by atoms with Crippen molar-refractivity contribution in [2.75, 3.05) is 0 Å². The van der Waals surface area contributed by atoms with Crippen molar-refractivity contribution in [3.05, 3.63) is 35.2 Å². The van der Waals surface area contributed by atoms with Gasteiger partial charge in [0.15, 0.2) is 0 Å². The number of nitrogens with zero attached hydrogens (tertiary/aromatic N) is 1. The molecule has 0 unspecified atom stereocenters. The Bertz CT molecular complexity index is 212. The van der Waals surface area contributed by atoms with Crippen LogP contribution in [0.2, 0.25) is 0 Å². The van der Waals surface area contributed by atoms with Crippen LogP contribution >= 0.6 is 23.4 Å². The van der Waals surface area contributed by atoms with Crippen molar-refractivity contribution in [2.24, 2.45) is 0 Å². The molecule has 0 N–H and O–H groups in total. The molecule has 0 aliphatic rings. The second-order valence-electron chi connectivity index (χ2n) is 1.36. The maximum atomic E-state index is 8.25. The topological polar surface area (TPSA) is 23.8 Å². The summed E-state index contributed by atoms with van der Waals surface area (Å²) < 4.78 is 0. The van der Waals surface area contributed by atoms with Gasteiger partial charge in [0.2, 0.25) is 0 Å². The standard InChI is InChI=1S/C7H6ClNS/c1-3-4-7(6(2)8)10-5-9/h3-4H,1-2H2/b7-4+. The molecule has 0 fully saturated rings. The van der Waals surface area contributed by atoms with Crippen LogP contribution in [0.1, 0.15) is 0 Å². The lowest BCUT2D eigenvalue weighted by atomic mass is 10.5. The van der Waals surface area contributed by atoms with E-state index < -0.39 is 0 Å². The predicted molar refractivity (Wildman–Crippen MR) is 46.5 cm³/mol. The molecule has 0 aromatic carbocycles. The second-order valence-corrected chi connectivity index (χ2v) is 2.65. The first-order chi connectivity index (χ1) is 4.72. The highest BCUT2D eigenvalue weighted by Gasteiger charge is 1.97. The molecule has 0 heterocycles. The van der Waals surface area contributed by atoms with E-state index in [4.69, 9.17) is 16.9 Å². The lowest BCUT2D eigenvalue weighted by Gasteiger charge is -1.93. The molecule has 52 valence electrons. The minimum absolute atomic E-state index is 0.367. The normalized spacial score (nSPS) is 10.2. The molecule has 0 aromatic rings. The highest BCUT2D eigenvalue weighted by Crippen LogP contribution is 2.24. The molecule has 0 amide bonds. The zero-order chi connectivity index (χ0) is 7.98. The summed E-state index contributed by atoms with van der Waals surface area (Å²) >= 11 is 6.49. The zero-order valence-corrected chi connectivity index (χ0v) is 6.87. The second kappa shape index (κ2) is 5.16. The molecule has 0 spiro atoms. The van der Waals surface area contributed by atoms with Crippen LogP contribution in [-0.2, 0) is 0 Å². The van der Waals surface area contributed by atoms with Gasteiger partial charge in [0.1, 0.15) is 5.40 Å². The van der Waals surface area contributed by atoms with Gasteiger partial charge in [-0.3, -0.25) is 0 Å². The number of hydrogen-bond donors (Lipinski definition) is 0. The molecular weight excluding hydrogens is 166 g/mol. The number of thioether (sulfide) groups is 1. The van der Waals surface area contributed by atoms with Crippen molar-refractivity contribution >= 4 is 23.4 Å². The van der Waals surface area contributed by atoms with E-state index in [9.17, 15) is 0 Å². The molecule has 0 saturated heterocycles. The molecular formula is C7H6ClNS. The van der Waals surface area contributed by atoms with Crippen LogP contribution in [-0.4, -0.2) is 0 Å². The number of halogens is 1. The lowest BCUT2D eigenvalue weighted by Crippen LogP contribution is -1.70. The summed E-state index contributed by atoms with van der Waals surface area (Å²) in [5.41, 5.74) is 0. The van der Waals surface area contributed by atoms with Gasteiger partial charge in [-0.15, -0.1) is 0 Å². The van der Waals surface area contributed by atoms with Crippen LogP contribution in [0.3, 0.4) is 0 Å². The van der Waals surface area contributed by atoms with Gasteiger partial charge in [-0.25, -0.2) is 0 Å². The summed E-state index contributed by atoms with van der Waals surface area (Å²) in [5, 5.41) is 10.5. The minimum atomic E-state index is 0.367. The summed E-state index contributed by atoms with van der Waals surface area (Å²) in [4.78, 5) is 0.638. The van der Waals surface area contributed by atoms with Crippen molar-refractivity contribution in [3.8, 4) is 5.40 Å². The fraction of sp³-hybridized carbons (Fsp3) is 0. The quantitative estimate of drug-likeness (QED) is 0.482. The van der Waals surface area contributed by atoms with Crippen molar-refractivity contribution in [3.63, 3.8) is 0 Å². The number of nitriles is 1. The molecule has 0 saturated carbocycles. The van der Waals surface area contributed by atoms with Crippen LogP contribution < -0.4 is 0 Å². The van der Waals surface area contributed by atoms with E-state index in [1.807, 2.05) is 5.40 Å². The van der Waals surface area contributed by atoms with Gasteiger partial charge in [-0.05, 0) is 17.8 Å². The van der Waals surface area contributed by atoms with Crippen molar-refractivity contribution in [1.29, 1.82) is 5.26 Å². The van der Waals surface area contributed by atoms with E-state index in [2.05, 4.69) is 13.2 Å². The summed E-state index contributed by atoms with van der Waals surface area (Å²) in [6, 6.07) is 0. The summed E-state index contributed by atoms with van der Waals surface area (Å²) in [5.74, 6) is 0. The molecule has 10 heavy (non-hydrogen) atoms. The molecule has 1 nitrogen and oxygen atoms in total. The van der Waals surface area contributed by atoms with Crippen LogP contribution in [0.5, 0.6) is 0 Å². The zero-order valence-electron chi connectivity index (χ0n) is 5.30. The fourth-order valence-electron chi connectivity index (χ4n) is 0.336. The maximum absolute atomic E-state index is 8.25. The van der Waals surface area contributed by atoms with E-state index in [-0.39, 0.29) is 0 Å². The highest BCUT2D eigenvalue weighted by atomic mass is 35.5. The van der Waals surface area contributed by atoms with E-state index in [0.29, 0.717) is 9.94 Å². The molecule has 0 rings (SSSR count). The van der Waals surface area contributed by atoms with Gasteiger partial charge in [-0.2, -0.15) is 5.26 Å². The number of allylic oxidation sites excluding steroid dienone is 3. The Morgan fingerprint density at radius 2 is 2.30 bits per heavy atom. The van der Waals surface area contributed by atoms with Crippen molar-refractivity contribution in [2.45, 2.75) is 0 Å². The smallest absolute Gasteiger partial charge is 0.138 e. The molecule has 3 heteroatoms. The van der Waals surface area contributed by atoms with Crippen LogP contribution in [0, 0.1) is 10.7 Å². The molecule has 0 atom stereocenters. The van der Waals surface area contributed by atoms with Gasteiger partial charge in [0.05, 0.1) is 0 Å². The average Bonchev–Trinajstić information content (AvgIpc) is 1.87. The van der Waals surface area contributed by atoms with Gasteiger partial charge in [-0.1, -0.05) is 30.8 Å². The maximum Gasteiger partial charge on any atom is 0.138 e. The van der Waals surface area contributed by atoms with Crippen LogP contribution in [0.15, 0.2) is 35.2 Å². The van der Waals surface area contributed by atoms with Crippen molar-refractivity contribution < 1.29 is 0 Å². The Balaban J connectivity index is 4.29. The third-order valence-electron chi connectivity index (χ3n) is 0.692. The molecule has 0 radical (unpaired) electrons. The molecule has 0 bridgehead atoms. The predicted octanol–water partition coefficient (Wildman–Crippen LogP) is 3.02. The van der Waals surface area contributed by atoms with E-state index >= 15 is 0 Å². The molecule has 0 aliphatic heterocycles. The lowest BCUT2D eigenvalue weighted by molar-refractivity contribution is 1.57. The Hall–Kier alpha value is -0.650. The van der Waals surface area contributed by atoms with Crippen molar-refractivity contribution in [1.82, 2.24) is 0 Å². The Labute approximate surface area is 69.7 Å². The summed E-state index contributed by atoms with van der Waals surface area (Å²) in [6.45, 7) is 6.94. The first-order valence-corrected chi connectivity index (χ1v) is 3.65. The monoisotopic (exact) mass is 171 g/mol. The van der Waals surface area contributed by atoms with Gasteiger partial charge in [0.25, 0.3) is 0 Å². The van der Waals surface area contributed by atoms with Gasteiger partial charge in [0, 0.05) is 9.94 Å². The summed E-state index contributed by atoms with van der Waals surface area (Å²) in [7, 11) is 0. The number of hydrogen-bond acceptors (Lipinski definition) is 2. The molecule has 0 aromatic heterocycles. The van der Waals surface area contributed by atoms with Crippen LogP contribution in [0.4, 0.5) is 0 Å². The van der Waals surface area contributed by atoms with E-state index in [0.717, 1.165) is 11.8 Å². The SMILES string of the molecule is C=C/C=C(/SC#N)C(=C)Cl. The third-order valence-corrected chi connectivity index (χ3v) is 1.70. The fourth-order valence-corrected chi connectivity index (χ4v) is 0.888. The minimum Gasteiger partial charge on any atom is -0.185 e. The van der Waals surface area contributed by atoms with E-state index in [1.54, 1.807) is 12.2 Å². The Morgan fingerprint density at radius 3 is 2.60 bits per heavy atom. The average molecular weight is 172 g/mol. The van der Waals surface area contributed by atoms with Gasteiger partial charge >= 0.3 is 0 Å². The first-order valence-electron chi connectivity index (χ1n) is 2.45. The molecule has 0 aliphatic carbocycles. The third kappa shape index (κ3) is 3.39. The van der Waals surface area contributed by atoms with E-state index in [1.165, 1.54) is 0 Å². The first kappa shape index (κ1) is 9.35. The number of thiocyanates is 1. The largest absolute Gasteiger partial charge is 0.185 e.